The van der Waals surface area contributed by atoms with E-state index in [-0.39, 0.29) is 23.5 Å². The molecule has 1 saturated carbocycles. The third-order valence-corrected chi connectivity index (χ3v) is 5.05. The Morgan fingerprint density at radius 1 is 1.30 bits per heavy atom. The number of aromatic nitrogens is 2. The molecule has 0 spiro atoms. The van der Waals surface area contributed by atoms with Crippen LogP contribution in [0.1, 0.15) is 61.3 Å². The topological polar surface area (TPSA) is 80.3 Å². The number of anilines is 1. The lowest BCUT2D eigenvalue weighted by molar-refractivity contribution is 0.0996. The Morgan fingerprint density at radius 2 is 2.11 bits per heavy atom. The number of nitrogens with zero attached hydrogens (tertiary/aromatic N) is 2. The van der Waals surface area contributed by atoms with Crippen LogP contribution in [0.5, 0.6) is 5.75 Å². The van der Waals surface area contributed by atoms with Crippen molar-refractivity contribution >= 4 is 11.6 Å². The lowest BCUT2D eigenvalue weighted by Gasteiger charge is -2.27. The number of carbonyl (C=O) groups is 1. The number of phenols is 1. The van der Waals surface area contributed by atoms with Crippen LogP contribution in [0.2, 0.25) is 0 Å². The molecule has 1 aromatic carbocycles. The van der Waals surface area contributed by atoms with Gasteiger partial charge in [0.1, 0.15) is 5.75 Å². The van der Waals surface area contributed by atoms with Crippen LogP contribution < -0.4 is 5.32 Å². The van der Waals surface area contributed by atoms with E-state index in [1.807, 2.05) is 0 Å². The SMILES string of the molecule is CC(C)n1nc(-c2ccc(NC(=O)c3ccco3)cc2O)cc1C1CCC1. The number of aromatic hydroxyl groups is 1. The lowest BCUT2D eigenvalue weighted by atomic mass is 9.82. The van der Waals surface area contributed by atoms with Gasteiger partial charge in [-0.1, -0.05) is 6.42 Å². The molecular weight excluding hydrogens is 342 g/mol. The minimum atomic E-state index is -0.358. The van der Waals surface area contributed by atoms with Crippen molar-refractivity contribution in [2.75, 3.05) is 5.32 Å². The normalized spacial score (nSPS) is 14.3. The number of benzene rings is 1. The molecule has 140 valence electrons. The molecule has 0 aliphatic heterocycles. The maximum atomic E-state index is 12.1. The molecule has 3 aromatic rings. The van der Waals surface area contributed by atoms with Gasteiger partial charge in [0.05, 0.1) is 12.0 Å². The summed E-state index contributed by atoms with van der Waals surface area (Å²) in [4.78, 5) is 12.1. The van der Waals surface area contributed by atoms with Crippen molar-refractivity contribution in [1.82, 2.24) is 9.78 Å². The van der Waals surface area contributed by atoms with E-state index >= 15 is 0 Å². The first-order valence-electron chi connectivity index (χ1n) is 9.30. The highest BCUT2D eigenvalue weighted by atomic mass is 16.3. The molecule has 27 heavy (non-hydrogen) atoms. The van der Waals surface area contributed by atoms with Gasteiger partial charge in [0.25, 0.3) is 5.91 Å². The summed E-state index contributed by atoms with van der Waals surface area (Å²) >= 11 is 0. The van der Waals surface area contributed by atoms with E-state index in [1.165, 1.54) is 37.3 Å². The van der Waals surface area contributed by atoms with Crippen LogP contribution in [0.4, 0.5) is 5.69 Å². The Bertz CT molecular complexity index is 953. The van der Waals surface area contributed by atoms with Crippen molar-refractivity contribution in [3.63, 3.8) is 0 Å². The first kappa shape index (κ1) is 17.4. The molecule has 4 rings (SSSR count). The fourth-order valence-electron chi connectivity index (χ4n) is 3.39. The standard InChI is InChI=1S/C21H23N3O3/c1-13(2)24-18(14-5-3-6-14)12-17(23-24)16-9-8-15(11-19(16)25)22-21(26)20-7-4-10-27-20/h4,7-14,25H,3,5-6H2,1-2H3,(H,22,26). The van der Waals surface area contributed by atoms with Crippen LogP contribution >= 0.6 is 0 Å². The maximum Gasteiger partial charge on any atom is 0.291 e. The van der Waals surface area contributed by atoms with Crippen LogP contribution in [-0.2, 0) is 0 Å². The predicted octanol–water partition coefficient (Wildman–Crippen LogP) is 4.95. The Kier molecular flexibility index (Phi) is 4.48. The fraction of sp³-hybridized carbons (Fsp3) is 0.333. The van der Waals surface area contributed by atoms with E-state index in [0.717, 1.165) is 5.69 Å². The van der Waals surface area contributed by atoms with Gasteiger partial charge in [-0.3, -0.25) is 9.48 Å². The Balaban J connectivity index is 1.60. The third-order valence-electron chi connectivity index (χ3n) is 5.05. The van der Waals surface area contributed by atoms with Gasteiger partial charge in [0, 0.05) is 35.0 Å². The van der Waals surface area contributed by atoms with Crippen LogP contribution in [0.3, 0.4) is 0 Å². The van der Waals surface area contributed by atoms with Gasteiger partial charge in [-0.05, 0) is 57.0 Å². The first-order valence-corrected chi connectivity index (χ1v) is 9.30. The zero-order chi connectivity index (χ0) is 19.0. The van der Waals surface area contributed by atoms with Gasteiger partial charge in [-0.15, -0.1) is 0 Å². The molecule has 6 heteroatoms. The van der Waals surface area contributed by atoms with Gasteiger partial charge in [-0.25, -0.2) is 0 Å². The molecule has 1 aliphatic rings. The summed E-state index contributed by atoms with van der Waals surface area (Å²) in [7, 11) is 0. The number of nitrogens with one attached hydrogen (secondary N) is 1. The van der Waals surface area contributed by atoms with Crippen molar-refractivity contribution in [3.8, 4) is 17.0 Å². The smallest absolute Gasteiger partial charge is 0.291 e. The average molecular weight is 365 g/mol. The van der Waals surface area contributed by atoms with E-state index < -0.39 is 0 Å². The van der Waals surface area contributed by atoms with Crippen LogP contribution in [0, 0.1) is 0 Å². The number of rotatable bonds is 5. The summed E-state index contributed by atoms with van der Waals surface area (Å²) in [6, 6.07) is 10.7. The zero-order valence-corrected chi connectivity index (χ0v) is 15.5. The summed E-state index contributed by atoms with van der Waals surface area (Å²) in [6.45, 7) is 4.23. The van der Waals surface area contributed by atoms with Crippen LogP contribution in [-0.4, -0.2) is 20.8 Å². The second-order valence-electron chi connectivity index (χ2n) is 7.28. The minimum absolute atomic E-state index is 0.0841. The Hall–Kier alpha value is -3.02. The van der Waals surface area contributed by atoms with Gasteiger partial charge >= 0.3 is 0 Å². The molecule has 2 N–H and O–H groups in total. The van der Waals surface area contributed by atoms with E-state index in [2.05, 4.69) is 29.9 Å². The van der Waals surface area contributed by atoms with E-state index in [4.69, 9.17) is 9.52 Å². The van der Waals surface area contributed by atoms with Crippen molar-refractivity contribution < 1.29 is 14.3 Å². The average Bonchev–Trinajstić information content (AvgIpc) is 3.23. The molecular formula is C21H23N3O3. The monoisotopic (exact) mass is 365 g/mol. The molecule has 6 nitrogen and oxygen atoms in total. The van der Waals surface area contributed by atoms with Crippen molar-refractivity contribution in [2.24, 2.45) is 0 Å². The lowest BCUT2D eigenvalue weighted by Crippen LogP contribution is -2.16. The zero-order valence-electron chi connectivity index (χ0n) is 15.5. The molecule has 2 heterocycles. The third kappa shape index (κ3) is 3.35. The summed E-state index contributed by atoms with van der Waals surface area (Å²) < 4.78 is 7.14. The highest BCUT2D eigenvalue weighted by Crippen LogP contribution is 2.40. The summed E-state index contributed by atoms with van der Waals surface area (Å²) in [6.07, 6.45) is 5.10. The second-order valence-corrected chi connectivity index (χ2v) is 7.28. The molecule has 0 atom stereocenters. The summed E-state index contributed by atoms with van der Waals surface area (Å²) in [5.41, 5.74) is 3.15. The predicted molar refractivity (Wildman–Crippen MR) is 103 cm³/mol. The summed E-state index contributed by atoms with van der Waals surface area (Å²) in [5, 5.41) is 18.0. The van der Waals surface area contributed by atoms with Crippen molar-refractivity contribution in [2.45, 2.75) is 45.1 Å². The van der Waals surface area contributed by atoms with Gasteiger partial charge in [-0.2, -0.15) is 5.10 Å². The second kappa shape index (κ2) is 6.95. The van der Waals surface area contributed by atoms with Crippen LogP contribution in [0.15, 0.2) is 47.1 Å². The minimum Gasteiger partial charge on any atom is -0.507 e. The molecule has 2 aromatic heterocycles. The van der Waals surface area contributed by atoms with Gasteiger partial charge in [0.15, 0.2) is 5.76 Å². The maximum absolute atomic E-state index is 12.1. The molecule has 0 radical (unpaired) electrons. The number of hydrogen-bond acceptors (Lipinski definition) is 4. The number of furan rings is 1. The molecule has 1 amide bonds. The molecule has 1 fully saturated rings. The number of amides is 1. The fourth-order valence-corrected chi connectivity index (χ4v) is 3.39. The number of phenolic OH excluding ortho intramolecular Hbond substituents is 1. The highest BCUT2D eigenvalue weighted by Gasteiger charge is 2.26. The molecule has 0 saturated heterocycles. The number of hydrogen-bond donors (Lipinski definition) is 2. The molecule has 1 aliphatic carbocycles. The van der Waals surface area contributed by atoms with Gasteiger partial charge < -0.3 is 14.8 Å². The van der Waals surface area contributed by atoms with Gasteiger partial charge in [0.2, 0.25) is 0 Å². The van der Waals surface area contributed by atoms with E-state index in [9.17, 15) is 9.90 Å². The van der Waals surface area contributed by atoms with Crippen molar-refractivity contribution in [3.05, 3.63) is 54.1 Å². The highest BCUT2D eigenvalue weighted by molar-refractivity contribution is 6.02. The quantitative estimate of drug-likeness (QED) is 0.670. The summed E-state index contributed by atoms with van der Waals surface area (Å²) in [5.74, 6) is 0.506. The Labute approximate surface area is 157 Å². The van der Waals surface area contributed by atoms with E-state index in [0.29, 0.717) is 17.2 Å². The number of carbonyl (C=O) groups excluding carboxylic acids is 1. The van der Waals surface area contributed by atoms with Crippen molar-refractivity contribution in [1.29, 1.82) is 0 Å². The first-order chi connectivity index (χ1) is 13.0. The molecule has 0 unspecified atom stereocenters. The largest absolute Gasteiger partial charge is 0.507 e. The van der Waals surface area contributed by atoms with Crippen LogP contribution in [0.25, 0.3) is 11.3 Å². The molecule has 0 bridgehead atoms. The Morgan fingerprint density at radius 3 is 2.70 bits per heavy atom. The van der Waals surface area contributed by atoms with E-state index in [1.54, 1.807) is 24.3 Å².